The molecule has 1 heterocycles. The number of amides is 1. The molecule has 2 atom stereocenters. The van der Waals surface area contributed by atoms with Gasteiger partial charge in [0.25, 0.3) is 5.91 Å². The van der Waals surface area contributed by atoms with Gasteiger partial charge in [0.05, 0.1) is 12.1 Å². The van der Waals surface area contributed by atoms with Crippen molar-refractivity contribution in [3.8, 4) is 0 Å². The van der Waals surface area contributed by atoms with E-state index in [4.69, 9.17) is 10.2 Å². The first-order valence-electron chi connectivity index (χ1n) is 6.94. The van der Waals surface area contributed by atoms with Crippen LogP contribution < -0.4 is 11.1 Å². The van der Waals surface area contributed by atoms with Crippen LogP contribution in [0.5, 0.6) is 0 Å². The van der Waals surface area contributed by atoms with E-state index < -0.39 is 0 Å². The molecule has 0 bridgehead atoms. The largest absolute Gasteiger partial charge is 0.467 e. The quantitative estimate of drug-likeness (QED) is 0.871. The van der Waals surface area contributed by atoms with Gasteiger partial charge in [-0.3, -0.25) is 4.79 Å². The summed E-state index contributed by atoms with van der Waals surface area (Å²) in [5.41, 5.74) is 6.06. The Morgan fingerprint density at radius 2 is 2.32 bits per heavy atom. The Labute approximate surface area is 118 Å². The van der Waals surface area contributed by atoms with E-state index in [1.807, 2.05) is 11.8 Å². The number of rotatable bonds is 5. The minimum absolute atomic E-state index is 0.0444. The molecule has 0 saturated heterocycles. The van der Waals surface area contributed by atoms with Crippen molar-refractivity contribution in [2.24, 2.45) is 5.73 Å². The molecular weight excluding hydrogens is 260 g/mol. The van der Waals surface area contributed by atoms with Crippen molar-refractivity contribution in [3.63, 3.8) is 0 Å². The molecule has 0 aromatic carbocycles. The van der Waals surface area contributed by atoms with Gasteiger partial charge in [0.1, 0.15) is 12.0 Å². The molecule has 3 N–H and O–H groups in total. The van der Waals surface area contributed by atoms with Crippen molar-refractivity contribution >= 4 is 17.7 Å². The van der Waals surface area contributed by atoms with E-state index in [2.05, 4.69) is 12.2 Å². The number of furan rings is 1. The first-order chi connectivity index (χ1) is 9.24. The van der Waals surface area contributed by atoms with Crippen molar-refractivity contribution in [3.05, 3.63) is 23.7 Å². The first-order valence-corrected chi connectivity index (χ1v) is 7.99. The maximum absolute atomic E-state index is 12.2. The van der Waals surface area contributed by atoms with Gasteiger partial charge in [0, 0.05) is 11.3 Å². The summed E-state index contributed by atoms with van der Waals surface area (Å²) < 4.78 is 5.21. The van der Waals surface area contributed by atoms with Crippen LogP contribution in [0.25, 0.3) is 0 Å². The molecule has 0 radical (unpaired) electrons. The summed E-state index contributed by atoms with van der Waals surface area (Å²) in [5, 5.41) is 3.69. The lowest BCUT2D eigenvalue weighted by Crippen LogP contribution is -2.43. The number of nitrogens with two attached hydrogens (primary N) is 1. The monoisotopic (exact) mass is 282 g/mol. The second-order valence-electron chi connectivity index (χ2n) is 4.86. The van der Waals surface area contributed by atoms with E-state index in [-0.39, 0.29) is 11.9 Å². The lowest BCUT2D eigenvalue weighted by Gasteiger charge is -2.31. The molecule has 5 heteroatoms. The van der Waals surface area contributed by atoms with Gasteiger partial charge in [-0.05, 0) is 24.7 Å². The summed E-state index contributed by atoms with van der Waals surface area (Å²) in [6.07, 6.45) is 6.23. The average Bonchev–Trinajstić information content (AvgIpc) is 2.90. The van der Waals surface area contributed by atoms with E-state index in [0.29, 0.717) is 23.1 Å². The van der Waals surface area contributed by atoms with Crippen LogP contribution in [0.15, 0.2) is 16.7 Å². The van der Waals surface area contributed by atoms with Crippen molar-refractivity contribution in [1.82, 2.24) is 5.32 Å². The smallest absolute Gasteiger partial charge is 0.254 e. The Morgan fingerprint density at radius 1 is 1.53 bits per heavy atom. The van der Waals surface area contributed by atoms with Crippen LogP contribution in [0.4, 0.5) is 0 Å². The fourth-order valence-corrected chi connectivity index (χ4v) is 3.73. The van der Waals surface area contributed by atoms with Crippen LogP contribution in [0, 0.1) is 0 Å². The number of carbonyl (C=O) groups excluding carboxylic acids is 1. The third kappa shape index (κ3) is 3.76. The van der Waals surface area contributed by atoms with Crippen LogP contribution in [0.3, 0.4) is 0 Å². The number of nitrogens with one attached hydrogen (secondary N) is 1. The van der Waals surface area contributed by atoms with Crippen LogP contribution in [-0.4, -0.2) is 23.0 Å². The van der Waals surface area contributed by atoms with Crippen molar-refractivity contribution in [2.45, 2.75) is 50.4 Å². The number of hydrogen-bond donors (Lipinski definition) is 2. The van der Waals surface area contributed by atoms with Gasteiger partial charge < -0.3 is 15.5 Å². The molecule has 1 fully saturated rings. The van der Waals surface area contributed by atoms with E-state index in [9.17, 15) is 4.79 Å². The summed E-state index contributed by atoms with van der Waals surface area (Å²) in [6, 6.07) is 2.00. The van der Waals surface area contributed by atoms with Gasteiger partial charge in [0.15, 0.2) is 0 Å². The predicted octanol–water partition coefficient (Wildman–Crippen LogP) is 2.53. The highest BCUT2D eigenvalue weighted by molar-refractivity contribution is 7.99. The van der Waals surface area contributed by atoms with Crippen molar-refractivity contribution in [1.29, 1.82) is 0 Å². The molecule has 0 spiro atoms. The molecule has 1 aromatic rings. The second kappa shape index (κ2) is 7.01. The van der Waals surface area contributed by atoms with Gasteiger partial charge in [-0.2, -0.15) is 11.8 Å². The number of carbonyl (C=O) groups is 1. The Kier molecular flexibility index (Phi) is 5.34. The zero-order chi connectivity index (χ0) is 13.7. The summed E-state index contributed by atoms with van der Waals surface area (Å²) in [5.74, 6) is 1.70. The minimum Gasteiger partial charge on any atom is -0.467 e. The molecule has 106 valence electrons. The second-order valence-corrected chi connectivity index (χ2v) is 6.38. The Hall–Kier alpha value is -0.940. The van der Waals surface area contributed by atoms with Crippen molar-refractivity contribution < 1.29 is 9.21 Å². The molecule has 4 nitrogen and oxygen atoms in total. The van der Waals surface area contributed by atoms with E-state index in [1.165, 1.54) is 25.5 Å². The highest BCUT2D eigenvalue weighted by Gasteiger charge is 2.27. The highest BCUT2D eigenvalue weighted by atomic mass is 32.2. The Morgan fingerprint density at radius 3 is 3.00 bits per heavy atom. The normalized spacial score (nSPS) is 23.3. The lowest BCUT2D eigenvalue weighted by molar-refractivity contribution is 0.0928. The summed E-state index contributed by atoms with van der Waals surface area (Å²) in [7, 11) is 0. The average molecular weight is 282 g/mol. The fourth-order valence-electron chi connectivity index (χ4n) is 2.53. The van der Waals surface area contributed by atoms with Gasteiger partial charge in [-0.25, -0.2) is 0 Å². The molecular formula is C14H22N2O2S. The minimum atomic E-state index is -0.0444. The molecule has 1 aromatic heterocycles. The SMILES string of the molecule is CCSC1CCCCC1NC(=O)c1coc(CN)c1. The summed E-state index contributed by atoms with van der Waals surface area (Å²) >= 11 is 1.95. The maximum atomic E-state index is 12.2. The topological polar surface area (TPSA) is 68.3 Å². The van der Waals surface area contributed by atoms with Crippen LogP contribution in [-0.2, 0) is 6.54 Å². The Bertz CT molecular complexity index is 417. The third-order valence-electron chi connectivity index (χ3n) is 3.52. The number of hydrogen-bond acceptors (Lipinski definition) is 4. The van der Waals surface area contributed by atoms with E-state index in [1.54, 1.807) is 6.07 Å². The predicted molar refractivity (Wildman–Crippen MR) is 78.2 cm³/mol. The molecule has 1 aliphatic rings. The van der Waals surface area contributed by atoms with Gasteiger partial charge in [-0.1, -0.05) is 19.8 Å². The van der Waals surface area contributed by atoms with Gasteiger partial charge in [0.2, 0.25) is 0 Å². The van der Waals surface area contributed by atoms with Gasteiger partial charge >= 0.3 is 0 Å². The van der Waals surface area contributed by atoms with E-state index in [0.717, 1.165) is 12.2 Å². The fraction of sp³-hybridized carbons (Fsp3) is 0.643. The molecule has 1 aliphatic carbocycles. The highest BCUT2D eigenvalue weighted by Crippen LogP contribution is 2.28. The molecule has 2 rings (SSSR count). The zero-order valence-corrected chi connectivity index (χ0v) is 12.2. The molecule has 1 amide bonds. The van der Waals surface area contributed by atoms with E-state index >= 15 is 0 Å². The summed E-state index contributed by atoms with van der Waals surface area (Å²) in [4.78, 5) is 12.2. The van der Waals surface area contributed by atoms with Crippen LogP contribution in [0.2, 0.25) is 0 Å². The summed E-state index contributed by atoms with van der Waals surface area (Å²) in [6.45, 7) is 2.49. The van der Waals surface area contributed by atoms with Gasteiger partial charge in [-0.15, -0.1) is 0 Å². The molecule has 0 aliphatic heterocycles. The maximum Gasteiger partial charge on any atom is 0.254 e. The zero-order valence-electron chi connectivity index (χ0n) is 11.4. The molecule has 2 unspecified atom stereocenters. The van der Waals surface area contributed by atoms with Crippen LogP contribution in [0.1, 0.15) is 48.7 Å². The Balaban J connectivity index is 1.96. The third-order valence-corrected chi connectivity index (χ3v) is 4.84. The standard InChI is InChI=1S/C14H22N2O2S/c1-2-19-13-6-4-3-5-12(13)16-14(17)10-7-11(8-15)18-9-10/h7,9,12-13H,2-6,8,15H2,1H3,(H,16,17). The number of thioether (sulfide) groups is 1. The lowest BCUT2D eigenvalue weighted by atomic mass is 9.94. The molecule has 19 heavy (non-hydrogen) atoms. The van der Waals surface area contributed by atoms with Crippen molar-refractivity contribution in [2.75, 3.05) is 5.75 Å². The first kappa shape index (κ1) is 14.5. The van der Waals surface area contributed by atoms with Crippen LogP contribution >= 0.6 is 11.8 Å². The molecule has 1 saturated carbocycles.